The molecule has 1 rings (SSSR count). The van der Waals surface area contributed by atoms with Crippen molar-refractivity contribution in [1.82, 2.24) is 10.4 Å². The lowest BCUT2D eigenvalue weighted by Crippen LogP contribution is -2.32. The average Bonchev–Trinajstić information content (AvgIpc) is 2.92. The number of carbonyl (C=O) groups is 4. The highest BCUT2D eigenvalue weighted by atomic mass is 16.7. The summed E-state index contributed by atoms with van der Waals surface area (Å²) >= 11 is 0. The molecule has 26 heavy (non-hydrogen) atoms. The molecular weight excluding hydrogens is 348 g/mol. The largest absolute Gasteiger partial charge is 0.378 e. The minimum Gasteiger partial charge on any atom is -0.378 e. The number of carbonyl (C=O) groups excluding carboxylic acids is 4. The third kappa shape index (κ3) is 9.12. The number of amides is 3. The highest BCUT2D eigenvalue weighted by Crippen LogP contribution is 2.12. The van der Waals surface area contributed by atoms with Gasteiger partial charge in [-0.2, -0.15) is 0 Å². The number of terminal acetylenes is 1. The van der Waals surface area contributed by atoms with E-state index >= 15 is 0 Å². The van der Waals surface area contributed by atoms with E-state index in [1.807, 2.05) is 0 Å². The highest BCUT2D eigenvalue weighted by Gasteiger charge is 2.32. The molecule has 0 spiro atoms. The van der Waals surface area contributed by atoms with Crippen LogP contribution in [0.15, 0.2) is 0 Å². The van der Waals surface area contributed by atoms with Crippen molar-refractivity contribution in [1.29, 1.82) is 0 Å². The Kier molecular flexibility index (Phi) is 10.6. The maximum Gasteiger partial charge on any atom is 0.335 e. The summed E-state index contributed by atoms with van der Waals surface area (Å²) in [4.78, 5) is 49.9. The fourth-order valence-electron chi connectivity index (χ4n) is 1.80. The Labute approximate surface area is 151 Å². The summed E-state index contributed by atoms with van der Waals surface area (Å²) < 4.78 is 15.3. The van der Waals surface area contributed by atoms with Crippen LogP contribution in [-0.4, -0.2) is 74.9 Å². The van der Waals surface area contributed by atoms with Crippen LogP contribution >= 0.6 is 0 Å². The van der Waals surface area contributed by atoms with E-state index in [-0.39, 0.29) is 58.2 Å². The van der Waals surface area contributed by atoms with Gasteiger partial charge in [-0.05, 0) is 0 Å². The third-order valence-electron chi connectivity index (χ3n) is 3.01. The maximum absolute atomic E-state index is 11.5. The quantitative estimate of drug-likeness (QED) is 0.243. The fraction of sp³-hybridized carbons (Fsp3) is 0.625. The molecule has 0 unspecified atom stereocenters. The first kappa shape index (κ1) is 21.6. The lowest BCUT2D eigenvalue weighted by atomic mass is 10.4. The number of nitrogens with zero attached hydrogens (tertiary/aromatic N) is 1. The molecule has 3 amide bonds. The Morgan fingerprint density at radius 1 is 1.04 bits per heavy atom. The third-order valence-corrected chi connectivity index (χ3v) is 3.01. The molecule has 0 aromatic heterocycles. The van der Waals surface area contributed by atoms with Crippen molar-refractivity contribution in [3.05, 3.63) is 0 Å². The number of rotatable bonds is 13. The van der Waals surface area contributed by atoms with Gasteiger partial charge in [-0.15, -0.1) is 11.5 Å². The molecule has 1 fully saturated rings. The van der Waals surface area contributed by atoms with Crippen LogP contribution in [0.2, 0.25) is 0 Å². The lowest BCUT2D eigenvalue weighted by molar-refractivity contribution is -0.198. The van der Waals surface area contributed by atoms with E-state index in [0.29, 0.717) is 18.2 Å². The Balaban J connectivity index is 1.91. The normalized spacial score (nSPS) is 13.6. The van der Waals surface area contributed by atoms with Gasteiger partial charge in [-0.1, -0.05) is 5.92 Å². The number of nitrogens with one attached hydrogen (secondary N) is 1. The summed E-state index contributed by atoms with van der Waals surface area (Å²) in [5, 5.41) is 3.08. The van der Waals surface area contributed by atoms with Gasteiger partial charge in [0.25, 0.3) is 11.8 Å². The van der Waals surface area contributed by atoms with E-state index in [0.717, 1.165) is 0 Å². The van der Waals surface area contributed by atoms with Crippen LogP contribution in [0.25, 0.3) is 0 Å². The van der Waals surface area contributed by atoms with Crippen molar-refractivity contribution >= 4 is 23.7 Å². The van der Waals surface area contributed by atoms with Crippen LogP contribution in [0, 0.1) is 12.3 Å². The molecule has 0 radical (unpaired) electrons. The van der Waals surface area contributed by atoms with E-state index in [1.165, 1.54) is 0 Å². The van der Waals surface area contributed by atoms with Crippen LogP contribution < -0.4 is 5.32 Å². The van der Waals surface area contributed by atoms with Gasteiger partial charge in [-0.25, -0.2) is 4.79 Å². The number of imide groups is 1. The second-order valence-corrected chi connectivity index (χ2v) is 5.07. The van der Waals surface area contributed by atoms with E-state index in [4.69, 9.17) is 20.6 Å². The van der Waals surface area contributed by atoms with E-state index in [2.05, 4.69) is 16.1 Å². The van der Waals surface area contributed by atoms with Gasteiger partial charge in [0.2, 0.25) is 5.91 Å². The van der Waals surface area contributed by atoms with Crippen LogP contribution in [0.5, 0.6) is 0 Å². The molecule has 0 bridgehead atoms. The fourth-order valence-corrected chi connectivity index (χ4v) is 1.80. The second-order valence-electron chi connectivity index (χ2n) is 5.07. The smallest absolute Gasteiger partial charge is 0.335 e. The number of ether oxygens (including phenoxy) is 3. The molecule has 10 heteroatoms. The van der Waals surface area contributed by atoms with Gasteiger partial charge in [-0.3, -0.25) is 14.4 Å². The Morgan fingerprint density at radius 3 is 2.35 bits per heavy atom. The predicted octanol–water partition coefficient (Wildman–Crippen LogP) is -1.22. The summed E-state index contributed by atoms with van der Waals surface area (Å²) in [6, 6.07) is 0. The molecule has 0 aromatic carbocycles. The summed E-state index contributed by atoms with van der Waals surface area (Å²) in [6.45, 7) is 1.20. The van der Waals surface area contributed by atoms with Crippen molar-refractivity contribution in [2.45, 2.75) is 19.3 Å². The first-order chi connectivity index (χ1) is 12.5. The summed E-state index contributed by atoms with van der Waals surface area (Å²) in [5.74, 6) is 0.207. The van der Waals surface area contributed by atoms with Gasteiger partial charge >= 0.3 is 5.97 Å². The molecule has 1 aliphatic heterocycles. The molecule has 144 valence electrons. The molecule has 1 aliphatic rings. The maximum atomic E-state index is 11.5. The van der Waals surface area contributed by atoms with E-state index in [1.54, 1.807) is 0 Å². The molecule has 0 saturated carbocycles. The average molecular weight is 370 g/mol. The zero-order valence-corrected chi connectivity index (χ0v) is 14.4. The van der Waals surface area contributed by atoms with E-state index in [9.17, 15) is 19.2 Å². The molecule has 1 heterocycles. The first-order valence-electron chi connectivity index (χ1n) is 8.04. The van der Waals surface area contributed by atoms with Crippen LogP contribution in [0.3, 0.4) is 0 Å². The summed E-state index contributed by atoms with van der Waals surface area (Å²) in [7, 11) is 0. The van der Waals surface area contributed by atoms with Crippen LogP contribution in [0.1, 0.15) is 19.3 Å². The zero-order valence-electron chi connectivity index (χ0n) is 14.4. The SMILES string of the molecule is C#CCOCC(=O)NCCOCCOCCC(=O)ON1C(=O)CCC1=O. The number of hydrogen-bond acceptors (Lipinski definition) is 8. The highest BCUT2D eigenvalue weighted by molar-refractivity contribution is 6.01. The summed E-state index contributed by atoms with van der Waals surface area (Å²) in [5.41, 5.74) is 0. The second kappa shape index (κ2) is 12.8. The molecule has 0 aliphatic carbocycles. The van der Waals surface area contributed by atoms with E-state index < -0.39 is 17.8 Å². The number of hydrogen-bond donors (Lipinski definition) is 1. The van der Waals surface area contributed by atoms with Crippen molar-refractivity contribution in [3.63, 3.8) is 0 Å². The van der Waals surface area contributed by atoms with Crippen molar-refractivity contribution < 1.29 is 38.2 Å². The van der Waals surface area contributed by atoms with Gasteiger partial charge in [0, 0.05) is 19.4 Å². The molecule has 0 aromatic rings. The standard InChI is InChI=1S/C16H22N2O8/c1-2-7-25-12-13(19)17-6-9-24-11-10-23-8-5-16(22)26-18-14(20)3-4-15(18)21/h1H,3-12H2,(H,17,19). The topological polar surface area (TPSA) is 120 Å². The molecule has 1 N–H and O–H groups in total. The Morgan fingerprint density at radius 2 is 1.69 bits per heavy atom. The predicted molar refractivity (Wildman–Crippen MR) is 86.1 cm³/mol. The summed E-state index contributed by atoms with van der Waals surface area (Å²) in [6.07, 6.45) is 4.99. The van der Waals surface area contributed by atoms with Gasteiger partial charge in [0.1, 0.15) is 13.2 Å². The van der Waals surface area contributed by atoms with Gasteiger partial charge < -0.3 is 24.4 Å². The van der Waals surface area contributed by atoms with Crippen molar-refractivity contribution in [2.75, 3.05) is 46.2 Å². The minimum absolute atomic E-state index is 0.0539. The van der Waals surface area contributed by atoms with Crippen LogP contribution in [-0.2, 0) is 38.2 Å². The van der Waals surface area contributed by atoms with Crippen molar-refractivity contribution in [3.8, 4) is 12.3 Å². The Bertz CT molecular complexity index is 527. The van der Waals surface area contributed by atoms with Gasteiger partial charge in [0.05, 0.1) is 32.8 Å². The first-order valence-corrected chi connectivity index (χ1v) is 8.04. The molecule has 1 saturated heterocycles. The molecule has 10 nitrogen and oxygen atoms in total. The minimum atomic E-state index is -0.718. The van der Waals surface area contributed by atoms with Gasteiger partial charge in [0.15, 0.2) is 0 Å². The van der Waals surface area contributed by atoms with Crippen LogP contribution in [0.4, 0.5) is 0 Å². The molecular formula is C16H22N2O8. The molecule has 0 atom stereocenters. The van der Waals surface area contributed by atoms with Crippen molar-refractivity contribution in [2.24, 2.45) is 0 Å². The lowest BCUT2D eigenvalue weighted by Gasteiger charge is -2.12. The number of hydroxylamine groups is 2. The Hall–Kier alpha value is -2.48. The monoisotopic (exact) mass is 370 g/mol. The zero-order chi connectivity index (χ0) is 19.2.